The molecule has 144 valence electrons. The molecule has 2 N–H and O–H groups in total. The molecule has 0 spiro atoms. The molecular formula is C19H19Cl2NO4S. The van der Waals surface area contributed by atoms with Crippen molar-refractivity contribution in [1.82, 2.24) is 0 Å². The van der Waals surface area contributed by atoms with Gasteiger partial charge in [0.2, 0.25) is 0 Å². The summed E-state index contributed by atoms with van der Waals surface area (Å²) in [5, 5.41) is -0.155. The van der Waals surface area contributed by atoms with E-state index in [2.05, 4.69) is 0 Å². The fourth-order valence-corrected chi connectivity index (χ4v) is 6.34. The van der Waals surface area contributed by atoms with Crippen molar-refractivity contribution in [3.63, 3.8) is 0 Å². The molecule has 0 saturated heterocycles. The highest BCUT2D eigenvalue weighted by molar-refractivity contribution is 7.92. The van der Waals surface area contributed by atoms with Crippen molar-refractivity contribution >= 4 is 39.0 Å². The summed E-state index contributed by atoms with van der Waals surface area (Å²) in [6.45, 7) is 1.65. The van der Waals surface area contributed by atoms with Crippen molar-refractivity contribution in [2.45, 2.75) is 23.0 Å². The first-order valence-corrected chi connectivity index (χ1v) is 10.7. The molecule has 5 nitrogen and oxygen atoms in total. The molecule has 2 aromatic carbocycles. The Morgan fingerprint density at radius 3 is 2.37 bits per heavy atom. The second-order valence-electron chi connectivity index (χ2n) is 6.42. The van der Waals surface area contributed by atoms with Crippen LogP contribution in [-0.2, 0) is 19.4 Å². The van der Waals surface area contributed by atoms with E-state index in [4.69, 9.17) is 33.7 Å². The summed E-state index contributed by atoms with van der Waals surface area (Å²) < 4.78 is 31.8. The lowest BCUT2D eigenvalue weighted by Gasteiger charge is -2.14. The smallest absolute Gasteiger partial charge is 0.315 e. The Labute approximate surface area is 168 Å². The van der Waals surface area contributed by atoms with Gasteiger partial charge in [-0.2, -0.15) is 0 Å². The van der Waals surface area contributed by atoms with Gasteiger partial charge in [0.25, 0.3) is 0 Å². The highest BCUT2D eigenvalue weighted by Gasteiger charge is 2.75. The van der Waals surface area contributed by atoms with Crippen molar-refractivity contribution < 1.29 is 17.9 Å². The Hall–Kier alpha value is -1.60. The lowest BCUT2D eigenvalue weighted by atomic mass is 9.99. The van der Waals surface area contributed by atoms with Crippen molar-refractivity contribution in [3.8, 4) is 0 Å². The van der Waals surface area contributed by atoms with E-state index in [1.165, 1.54) is 24.3 Å². The van der Waals surface area contributed by atoms with Gasteiger partial charge in [-0.05, 0) is 48.9 Å². The third-order valence-electron chi connectivity index (χ3n) is 4.93. The molecule has 8 heteroatoms. The number of halogens is 2. The minimum absolute atomic E-state index is 0.0866. The molecule has 1 saturated carbocycles. The third kappa shape index (κ3) is 3.36. The van der Waals surface area contributed by atoms with Crippen LogP contribution < -0.4 is 5.73 Å². The first-order chi connectivity index (χ1) is 12.8. The average Bonchev–Trinajstić information content (AvgIpc) is 3.34. The van der Waals surface area contributed by atoms with Crippen molar-refractivity contribution in [2.24, 2.45) is 11.1 Å². The molecule has 0 bridgehead atoms. The fourth-order valence-electron chi connectivity index (χ4n) is 3.64. The zero-order chi connectivity index (χ0) is 19.8. The summed E-state index contributed by atoms with van der Waals surface area (Å²) in [5.41, 5.74) is 5.23. The average molecular weight is 428 g/mol. The Kier molecular flexibility index (Phi) is 5.54. The number of carbonyl (C=O) groups excluding carboxylic acids is 1. The molecular weight excluding hydrogens is 409 g/mol. The number of benzene rings is 2. The molecule has 0 amide bonds. The van der Waals surface area contributed by atoms with E-state index in [9.17, 15) is 13.2 Å². The van der Waals surface area contributed by atoms with Gasteiger partial charge < -0.3 is 10.5 Å². The van der Waals surface area contributed by atoms with Crippen LogP contribution in [0, 0.1) is 5.41 Å². The number of hydrogen-bond acceptors (Lipinski definition) is 5. The summed E-state index contributed by atoms with van der Waals surface area (Å²) in [7, 11) is -3.86. The summed E-state index contributed by atoms with van der Waals surface area (Å²) in [4.78, 5) is 12.8. The van der Waals surface area contributed by atoms with Crippen LogP contribution in [0.4, 0.5) is 0 Å². The maximum atomic E-state index is 13.3. The van der Waals surface area contributed by atoms with Crippen molar-refractivity contribution in [3.05, 3.63) is 64.1 Å². The quantitative estimate of drug-likeness (QED) is 0.713. The number of hydrogen-bond donors (Lipinski definition) is 1. The van der Waals surface area contributed by atoms with E-state index in [1.807, 2.05) is 0 Å². The normalized spacial score (nSPS) is 24.4. The molecule has 1 aliphatic rings. The zero-order valence-corrected chi connectivity index (χ0v) is 16.9. The number of ether oxygens (including phenoxy) is 1. The largest absolute Gasteiger partial charge is 0.465 e. The maximum absolute atomic E-state index is 13.3. The molecule has 1 fully saturated rings. The lowest BCUT2D eigenvalue weighted by molar-refractivity contribution is -0.149. The van der Waals surface area contributed by atoms with Crippen LogP contribution in [0.5, 0.6) is 0 Å². The van der Waals surface area contributed by atoms with Gasteiger partial charge in [-0.15, -0.1) is 0 Å². The van der Waals surface area contributed by atoms with Crippen LogP contribution in [0.2, 0.25) is 10.0 Å². The predicted octanol–water partition coefficient (Wildman–Crippen LogP) is 3.44. The van der Waals surface area contributed by atoms with Gasteiger partial charge >= 0.3 is 5.97 Å². The second-order valence-corrected chi connectivity index (χ2v) is 9.36. The van der Waals surface area contributed by atoms with Crippen LogP contribution >= 0.6 is 23.2 Å². The van der Waals surface area contributed by atoms with Gasteiger partial charge in [-0.3, -0.25) is 4.79 Å². The van der Waals surface area contributed by atoms with Crippen LogP contribution in [-0.4, -0.2) is 32.8 Å². The van der Waals surface area contributed by atoms with Crippen LogP contribution in [0.3, 0.4) is 0 Å². The van der Waals surface area contributed by atoms with Gasteiger partial charge in [0, 0.05) is 22.5 Å². The third-order valence-corrected chi connectivity index (χ3v) is 7.71. The summed E-state index contributed by atoms with van der Waals surface area (Å²) in [5.74, 6) is -1.25. The topological polar surface area (TPSA) is 86.5 Å². The molecule has 0 aliphatic heterocycles. The first kappa shape index (κ1) is 20.1. The van der Waals surface area contributed by atoms with Crippen LogP contribution in [0.25, 0.3) is 0 Å². The molecule has 1 aliphatic carbocycles. The van der Waals surface area contributed by atoms with E-state index in [-0.39, 0.29) is 18.0 Å². The Morgan fingerprint density at radius 1 is 1.15 bits per heavy atom. The minimum Gasteiger partial charge on any atom is -0.465 e. The minimum atomic E-state index is -3.86. The van der Waals surface area contributed by atoms with Crippen molar-refractivity contribution in [2.75, 3.05) is 13.2 Å². The molecule has 0 unspecified atom stereocenters. The fraction of sp³-hybridized carbons (Fsp3) is 0.316. The van der Waals surface area contributed by atoms with Gasteiger partial charge in [-0.25, -0.2) is 8.42 Å². The van der Waals surface area contributed by atoms with Gasteiger partial charge in [0.15, 0.2) is 9.84 Å². The lowest BCUT2D eigenvalue weighted by Crippen LogP contribution is -2.33. The monoisotopic (exact) mass is 427 g/mol. The predicted molar refractivity (Wildman–Crippen MR) is 105 cm³/mol. The zero-order valence-electron chi connectivity index (χ0n) is 14.6. The highest BCUT2D eigenvalue weighted by atomic mass is 35.5. The summed E-state index contributed by atoms with van der Waals surface area (Å²) >= 11 is 11.9. The number of esters is 1. The van der Waals surface area contributed by atoms with Gasteiger partial charge in [-0.1, -0.05) is 35.3 Å². The Bertz CT molecular complexity index is 962. The molecule has 0 aromatic heterocycles. The SMILES string of the molecule is CCOC(=O)[C@]1(CN)[C@H](c2cccc(Cl)c2)[C@H]1S(=O)(=O)c1ccc(Cl)cc1. The molecule has 27 heavy (non-hydrogen) atoms. The molecule has 0 heterocycles. The maximum Gasteiger partial charge on any atom is 0.315 e. The molecule has 2 aromatic rings. The standard InChI is InChI=1S/C19H19Cl2NO4S/c1-2-26-18(23)19(11-22)16(12-4-3-5-14(21)10-12)17(19)27(24,25)15-8-6-13(20)7-9-15/h3-10,16-17H,2,11,22H2,1H3/t16-,17-,19-/m1/s1. The highest BCUT2D eigenvalue weighted by Crippen LogP contribution is 2.64. The van der Waals surface area contributed by atoms with Crippen LogP contribution in [0.15, 0.2) is 53.4 Å². The van der Waals surface area contributed by atoms with E-state index in [0.29, 0.717) is 15.6 Å². The van der Waals surface area contributed by atoms with E-state index in [0.717, 1.165) is 0 Å². The van der Waals surface area contributed by atoms with E-state index >= 15 is 0 Å². The summed E-state index contributed by atoms with van der Waals surface area (Å²) in [6, 6.07) is 12.7. The number of carbonyl (C=O) groups is 1. The van der Waals surface area contributed by atoms with Gasteiger partial charge in [0.1, 0.15) is 5.41 Å². The first-order valence-electron chi connectivity index (χ1n) is 8.41. The van der Waals surface area contributed by atoms with Crippen molar-refractivity contribution in [1.29, 1.82) is 0 Å². The number of nitrogens with two attached hydrogens (primary N) is 1. The van der Waals surface area contributed by atoms with Crippen LogP contribution in [0.1, 0.15) is 18.4 Å². The number of rotatable bonds is 6. The summed E-state index contributed by atoms with van der Waals surface area (Å²) in [6.07, 6.45) is 0. The Balaban J connectivity index is 2.12. The van der Waals surface area contributed by atoms with E-state index < -0.39 is 32.4 Å². The Morgan fingerprint density at radius 2 is 1.81 bits per heavy atom. The molecule has 3 atom stereocenters. The second kappa shape index (κ2) is 7.43. The van der Waals surface area contributed by atoms with E-state index in [1.54, 1.807) is 31.2 Å². The molecule has 0 radical (unpaired) electrons. The van der Waals surface area contributed by atoms with Gasteiger partial charge in [0.05, 0.1) is 16.8 Å². The molecule has 3 rings (SSSR count). The number of sulfone groups is 1.